The fraction of sp³-hybridized carbons (Fsp3) is 0.474. The number of anilines is 1. The van der Waals surface area contributed by atoms with Crippen LogP contribution in [0.1, 0.15) is 26.5 Å². The second kappa shape index (κ2) is 9.89. The van der Waals surface area contributed by atoms with Crippen LogP contribution in [-0.4, -0.2) is 80.9 Å². The largest absolute Gasteiger partial charge is 0.498 e. The number of carbonyl (C=O) groups is 4. The highest BCUT2D eigenvalue weighted by atomic mass is 32.2. The number of ether oxygens (including phenoxy) is 2. The fourth-order valence-electron chi connectivity index (χ4n) is 3.08. The molecule has 1 aromatic rings. The standard InChI is InChI=1S/C19H23N5O8S2/c1-19(2,3)32-10(25)5-31-23-11(8-6-34-18(20)21-8)14(26)22-12-15(27)24-13(17(28)29)9(30-4)7-33-16(12)24/h6,12,16H,5,7H2,1-4H3,(H2,20,21)(H,22,26)(H,28,29)/b23-11-/t12?,16-/m1/s1. The van der Waals surface area contributed by atoms with Crippen LogP contribution >= 0.6 is 23.1 Å². The molecule has 1 unspecified atom stereocenters. The van der Waals surface area contributed by atoms with E-state index in [2.05, 4.69) is 15.5 Å². The average Bonchev–Trinajstić information content (AvgIpc) is 3.18. The van der Waals surface area contributed by atoms with Crippen LogP contribution in [0, 0.1) is 0 Å². The molecule has 1 saturated heterocycles. The number of fused-ring (bicyclic) bond motifs is 1. The van der Waals surface area contributed by atoms with Gasteiger partial charge < -0.3 is 30.5 Å². The highest BCUT2D eigenvalue weighted by Gasteiger charge is 2.55. The maximum atomic E-state index is 13.0. The van der Waals surface area contributed by atoms with Gasteiger partial charge in [-0.05, 0) is 20.8 Å². The summed E-state index contributed by atoms with van der Waals surface area (Å²) in [6.07, 6.45) is 0. The number of nitrogens with two attached hydrogens (primary N) is 1. The minimum atomic E-state index is -1.31. The van der Waals surface area contributed by atoms with Gasteiger partial charge >= 0.3 is 11.9 Å². The Labute approximate surface area is 202 Å². The van der Waals surface area contributed by atoms with Crippen LogP contribution < -0.4 is 11.1 Å². The zero-order valence-corrected chi connectivity index (χ0v) is 20.3. The summed E-state index contributed by atoms with van der Waals surface area (Å²) in [4.78, 5) is 59.2. The number of nitrogens with one attached hydrogen (secondary N) is 1. The van der Waals surface area contributed by atoms with E-state index in [0.29, 0.717) is 0 Å². The zero-order chi connectivity index (χ0) is 25.2. The molecule has 15 heteroatoms. The fourth-order valence-corrected chi connectivity index (χ4v) is 4.94. The number of hydrogen-bond donors (Lipinski definition) is 3. The first kappa shape index (κ1) is 25.3. The number of amides is 2. The Hall–Kier alpha value is -3.33. The number of hydrogen-bond acceptors (Lipinski definition) is 12. The van der Waals surface area contributed by atoms with E-state index < -0.39 is 47.4 Å². The smallest absolute Gasteiger partial charge is 0.356 e. The molecule has 2 aliphatic rings. The predicted octanol–water partition coefficient (Wildman–Crippen LogP) is 0.130. The van der Waals surface area contributed by atoms with Crippen molar-refractivity contribution in [3.63, 3.8) is 0 Å². The van der Waals surface area contributed by atoms with Crippen molar-refractivity contribution in [1.29, 1.82) is 0 Å². The monoisotopic (exact) mass is 513 g/mol. The predicted molar refractivity (Wildman–Crippen MR) is 122 cm³/mol. The van der Waals surface area contributed by atoms with E-state index in [4.69, 9.17) is 20.0 Å². The van der Waals surface area contributed by atoms with Crippen molar-refractivity contribution in [2.75, 3.05) is 25.2 Å². The van der Waals surface area contributed by atoms with Crippen LogP contribution in [0.15, 0.2) is 22.0 Å². The Morgan fingerprint density at radius 1 is 1.38 bits per heavy atom. The van der Waals surface area contributed by atoms with E-state index in [1.54, 1.807) is 20.8 Å². The number of β-lactam (4-membered cyclic amide) rings is 1. The van der Waals surface area contributed by atoms with Gasteiger partial charge in [-0.25, -0.2) is 14.6 Å². The molecule has 3 heterocycles. The van der Waals surface area contributed by atoms with E-state index in [1.165, 1.54) is 24.3 Å². The summed E-state index contributed by atoms with van der Waals surface area (Å²) in [5.74, 6) is -3.07. The molecule has 4 N–H and O–H groups in total. The number of oxime groups is 1. The number of methoxy groups -OCH3 is 1. The van der Waals surface area contributed by atoms with Gasteiger partial charge in [0.05, 0.1) is 12.9 Å². The topological polar surface area (TPSA) is 183 Å². The molecular weight excluding hydrogens is 490 g/mol. The van der Waals surface area contributed by atoms with Gasteiger partial charge in [0.25, 0.3) is 11.8 Å². The molecule has 0 aliphatic carbocycles. The molecule has 0 aromatic carbocycles. The molecule has 13 nitrogen and oxygen atoms in total. The van der Waals surface area contributed by atoms with E-state index in [-0.39, 0.29) is 33.7 Å². The van der Waals surface area contributed by atoms with Gasteiger partial charge in [0.2, 0.25) is 6.61 Å². The number of rotatable bonds is 8. The number of carboxylic acid groups (broad SMARTS) is 1. The van der Waals surface area contributed by atoms with Gasteiger partial charge in [-0.2, -0.15) is 0 Å². The number of thioether (sulfide) groups is 1. The molecule has 2 aliphatic heterocycles. The molecular formula is C19H23N5O8S2. The molecule has 1 fully saturated rings. The molecule has 184 valence electrons. The molecule has 0 spiro atoms. The Kier molecular flexibility index (Phi) is 7.35. The molecule has 2 atom stereocenters. The number of thiazole rings is 1. The SMILES string of the molecule is COC1=C(C(=O)O)N2C(=O)C(NC(=O)/C(=N\OCC(=O)OC(C)(C)C)c3csc(N)n3)[C@H]2SC1. The molecule has 0 radical (unpaired) electrons. The Balaban J connectivity index is 1.74. The number of nitrogens with zero attached hydrogens (tertiary/aromatic N) is 3. The third-order valence-corrected chi connectivity index (χ3v) is 6.33. The van der Waals surface area contributed by atoms with Crippen molar-refractivity contribution in [3.8, 4) is 0 Å². The van der Waals surface area contributed by atoms with Crippen LogP contribution in [0.3, 0.4) is 0 Å². The van der Waals surface area contributed by atoms with Crippen LogP contribution in [0.25, 0.3) is 0 Å². The van der Waals surface area contributed by atoms with Crippen molar-refractivity contribution in [1.82, 2.24) is 15.2 Å². The van der Waals surface area contributed by atoms with Gasteiger partial charge in [0.1, 0.15) is 28.5 Å². The summed E-state index contributed by atoms with van der Waals surface area (Å²) in [6, 6.07) is -1.02. The summed E-state index contributed by atoms with van der Waals surface area (Å²) < 4.78 is 10.2. The van der Waals surface area contributed by atoms with Crippen molar-refractivity contribution >= 4 is 57.7 Å². The van der Waals surface area contributed by atoms with E-state index >= 15 is 0 Å². The first-order valence-electron chi connectivity index (χ1n) is 9.82. The minimum absolute atomic E-state index is 0.0805. The second-order valence-corrected chi connectivity index (χ2v) is 10.0. The summed E-state index contributed by atoms with van der Waals surface area (Å²) in [7, 11) is 1.32. The van der Waals surface area contributed by atoms with Gasteiger partial charge in [0.15, 0.2) is 16.5 Å². The minimum Gasteiger partial charge on any atom is -0.498 e. The van der Waals surface area contributed by atoms with Gasteiger partial charge in [0, 0.05) is 5.38 Å². The van der Waals surface area contributed by atoms with Gasteiger partial charge in [-0.15, -0.1) is 23.1 Å². The van der Waals surface area contributed by atoms with E-state index in [9.17, 15) is 24.3 Å². The highest BCUT2D eigenvalue weighted by Crippen LogP contribution is 2.40. The number of nitrogen functional groups attached to an aromatic ring is 1. The number of esters is 1. The number of carbonyl (C=O) groups excluding carboxylic acids is 3. The Bertz CT molecular complexity index is 1080. The van der Waals surface area contributed by atoms with Crippen LogP contribution in [0.2, 0.25) is 0 Å². The third-order valence-electron chi connectivity index (χ3n) is 4.41. The molecule has 34 heavy (non-hydrogen) atoms. The van der Waals surface area contributed by atoms with Crippen molar-refractivity contribution in [3.05, 3.63) is 22.5 Å². The number of aromatic nitrogens is 1. The summed E-state index contributed by atoms with van der Waals surface area (Å²) in [5, 5.41) is 16.7. The van der Waals surface area contributed by atoms with Crippen LogP contribution in [-0.2, 0) is 33.5 Å². The van der Waals surface area contributed by atoms with Crippen molar-refractivity contribution in [2.24, 2.45) is 5.16 Å². The average molecular weight is 514 g/mol. The second-order valence-electron chi connectivity index (χ2n) is 8.01. The first-order chi connectivity index (χ1) is 15.9. The Morgan fingerprint density at radius 2 is 2.09 bits per heavy atom. The highest BCUT2D eigenvalue weighted by molar-refractivity contribution is 8.00. The molecule has 2 amide bonds. The maximum Gasteiger partial charge on any atom is 0.356 e. The number of aliphatic carboxylic acids is 1. The Morgan fingerprint density at radius 3 is 2.65 bits per heavy atom. The lowest BCUT2D eigenvalue weighted by Gasteiger charge is -2.48. The van der Waals surface area contributed by atoms with Crippen molar-refractivity contribution in [2.45, 2.75) is 37.8 Å². The molecule has 0 bridgehead atoms. The lowest BCUT2D eigenvalue weighted by molar-refractivity contribution is -0.160. The molecule has 3 rings (SSSR count). The normalized spacial score (nSPS) is 20.3. The molecule has 0 saturated carbocycles. The third kappa shape index (κ3) is 5.41. The van der Waals surface area contributed by atoms with E-state index in [0.717, 1.165) is 16.2 Å². The lowest BCUT2D eigenvalue weighted by Crippen LogP contribution is -2.71. The maximum absolute atomic E-state index is 13.0. The quantitative estimate of drug-likeness (QED) is 0.186. The van der Waals surface area contributed by atoms with Crippen molar-refractivity contribution < 1.29 is 38.6 Å². The van der Waals surface area contributed by atoms with Gasteiger partial charge in [-0.3, -0.25) is 14.5 Å². The first-order valence-corrected chi connectivity index (χ1v) is 11.7. The zero-order valence-electron chi connectivity index (χ0n) is 18.7. The summed E-state index contributed by atoms with van der Waals surface area (Å²) in [6.45, 7) is 4.50. The van der Waals surface area contributed by atoms with E-state index in [1.807, 2.05) is 0 Å². The molecule has 1 aromatic heterocycles. The van der Waals surface area contributed by atoms with Crippen LogP contribution in [0.4, 0.5) is 5.13 Å². The van der Waals surface area contributed by atoms with Gasteiger partial charge in [-0.1, -0.05) is 5.16 Å². The summed E-state index contributed by atoms with van der Waals surface area (Å²) in [5.41, 5.74) is 4.43. The lowest BCUT2D eigenvalue weighted by atomic mass is 10.0. The van der Waals surface area contributed by atoms with Crippen LogP contribution in [0.5, 0.6) is 0 Å². The number of carboxylic acids is 1. The summed E-state index contributed by atoms with van der Waals surface area (Å²) >= 11 is 2.29.